The SMILES string of the molecule is O=c1[nH]c(C(F)F)c(F)cc1C(F)(F)F. The highest BCUT2D eigenvalue weighted by molar-refractivity contribution is 5.19. The first kappa shape index (κ1) is 11.6. The van der Waals surface area contributed by atoms with Crippen molar-refractivity contribution in [2.45, 2.75) is 12.6 Å². The van der Waals surface area contributed by atoms with Crippen molar-refractivity contribution >= 4 is 0 Å². The second-order valence-electron chi connectivity index (χ2n) is 2.57. The molecule has 1 rings (SSSR count). The third kappa shape index (κ3) is 2.31. The average Bonchev–Trinajstić information content (AvgIpc) is 2.06. The Labute approximate surface area is 78.5 Å². The number of aromatic amines is 1. The topological polar surface area (TPSA) is 32.9 Å². The van der Waals surface area contributed by atoms with Gasteiger partial charge in [0.05, 0.1) is 0 Å². The third-order valence-electron chi connectivity index (χ3n) is 1.54. The van der Waals surface area contributed by atoms with Crippen molar-refractivity contribution in [2.24, 2.45) is 0 Å². The number of nitrogens with one attached hydrogen (secondary N) is 1. The summed E-state index contributed by atoms with van der Waals surface area (Å²) in [6, 6.07) is -0.250. The summed E-state index contributed by atoms with van der Waals surface area (Å²) in [5, 5.41) is 0. The van der Waals surface area contributed by atoms with Crippen molar-refractivity contribution in [1.82, 2.24) is 4.98 Å². The molecule has 0 saturated carbocycles. The number of hydrogen-bond donors (Lipinski definition) is 1. The number of H-pyrrole nitrogens is 1. The molecule has 0 saturated heterocycles. The molecule has 1 heterocycles. The molecular formula is C7H3F6NO. The monoisotopic (exact) mass is 231 g/mol. The molecular weight excluding hydrogens is 228 g/mol. The molecule has 84 valence electrons. The molecule has 0 fully saturated rings. The minimum atomic E-state index is -5.07. The normalized spacial score (nSPS) is 12.2. The van der Waals surface area contributed by atoms with Gasteiger partial charge in [-0.1, -0.05) is 0 Å². The Morgan fingerprint density at radius 3 is 2.20 bits per heavy atom. The molecule has 0 radical (unpaired) electrons. The summed E-state index contributed by atoms with van der Waals surface area (Å²) in [5.41, 5.74) is -5.09. The Morgan fingerprint density at radius 2 is 1.80 bits per heavy atom. The minimum absolute atomic E-state index is 0.250. The lowest BCUT2D eigenvalue weighted by Gasteiger charge is -2.07. The lowest BCUT2D eigenvalue weighted by atomic mass is 10.2. The molecule has 0 aliphatic rings. The van der Waals surface area contributed by atoms with Gasteiger partial charge in [-0.05, 0) is 6.07 Å². The van der Waals surface area contributed by atoms with E-state index in [2.05, 4.69) is 0 Å². The highest BCUT2D eigenvalue weighted by Gasteiger charge is 2.35. The molecule has 0 aliphatic heterocycles. The summed E-state index contributed by atoms with van der Waals surface area (Å²) >= 11 is 0. The van der Waals surface area contributed by atoms with Gasteiger partial charge in [0.15, 0.2) is 0 Å². The zero-order valence-corrected chi connectivity index (χ0v) is 6.83. The summed E-state index contributed by atoms with van der Waals surface area (Å²) in [7, 11) is 0. The molecule has 1 aromatic heterocycles. The molecule has 0 aliphatic carbocycles. The van der Waals surface area contributed by atoms with E-state index < -0.39 is 35.2 Å². The Balaban J connectivity index is 3.39. The molecule has 0 bridgehead atoms. The quantitative estimate of drug-likeness (QED) is 0.740. The lowest BCUT2D eigenvalue weighted by Crippen LogP contribution is -2.23. The fourth-order valence-corrected chi connectivity index (χ4v) is 0.889. The fourth-order valence-electron chi connectivity index (χ4n) is 0.889. The van der Waals surface area contributed by atoms with Gasteiger partial charge in [0.2, 0.25) is 0 Å². The molecule has 0 aromatic carbocycles. The van der Waals surface area contributed by atoms with E-state index in [0.29, 0.717) is 0 Å². The van der Waals surface area contributed by atoms with Crippen LogP contribution < -0.4 is 5.56 Å². The molecule has 15 heavy (non-hydrogen) atoms. The molecule has 2 nitrogen and oxygen atoms in total. The molecule has 1 N–H and O–H groups in total. The van der Waals surface area contributed by atoms with Gasteiger partial charge in [-0.2, -0.15) is 13.2 Å². The fraction of sp³-hybridized carbons (Fsp3) is 0.286. The van der Waals surface area contributed by atoms with Crippen LogP contribution in [0.2, 0.25) is 0 Å². The van der Waals surface area contributed by atoms with Gasteiger partial charge >= 0.3 is 6.18 Å². The van der Waals surface area contributed by atoms with Gasteiger partial charge in [-0.25, -0.2) is 13.2 Å². The van der Waals surface area contributed by atoms with Crippen molar-refractivity contribution < 1.29 is 26.3 Å². The lowest BCUT2D eigenvalue weighted by molar-refractivity contribution is -0.139. The zero-order valence-electron chi connectivity index (χ0n) is 6.83. The highest BCUT2D eigenvalue weighted by Crippen LogP contribution is 2.28. The second kappa shape index (κ2) is 3.59. The third-order valence-corrected chi connectivity index (χ3v) is 1.54. The number of pyridine rings is 1. The van der Waals surface area contributed by atoms with E-state index in [9.17, 15) is 31.1 Å². The van der Waals surface area contributed by atoms with Crippen LogP contribution in [0.1, 0.15) is 17.7 Å². The summed E-state index contributed by atoms with van der Waals surface area (Å²) in [5.74, 6) is -1.79. The Morgan fingerprint density at radius 1 is 1.27 bits per heavy atom. The van der Waals surface area contributed by atoms with Gasteiger partial charge in [0.1, 0.15) is 17.1 Å². The van der Waals surface area contributed by atoms with Crippen LogP contribution in [0.4, 0.5) is 26.3 Å². The van der Waals surface area contributed by atoms with E-state index in [4.69, 9.17) is 0 Å². The molecule has 0 spiro atoms. The van der Waals surface area contributed by atoms with E-state index in [-0.39, 0.29) is 6.07 Å². The van der Waals surface area contributed by atoms with Gasteiger partial charge < -0.3 is 4.98 Å². The van der Waals surface area contributed by atoms with Crippen molar-refractivity contribution in [2.75, 3.05) is 0 Å². The van der Waals surface area contributed by atoms with Crippen LogP contribution in [0.15, 0.2) is 10.9 Å². The van der Waals surface area contributed by atoms with Crippen LogP contribution in [0, 0.1) is 5.82 Å². The maximum absolute atomic E-state index is 12.7. The average molecular weight is 231 g/mol. The van der Waals surface area contributed by atoms with E-state index in [1.54, 1.807) is 0 Å². The van der Waals surface area contributed by atoms with Crippen LogP contribution >= 0.6 is 0 Å². The summed E-state index contributed by atoms with van der Waals surface area (Å²) in [6.45, 7) is 0. The van der Waals surface area contributed by atoms with Crippen LogP contribution in [-0.4, -0.2) is 4.98 Å². The summed E-state index contributed by atoms with van der Waals surface area (Å²) < 4.78 is 72.5. The van der Waals surface area contributed by atoms with Crippen LogP contribution in [0.3, 0.4) is 0 Å². The predicted molar refractivity (Wildman–Crippen MR) is 37.0 cm³/mol. The zero-order chi connectivity index (χ0) is 11.8. The first-order chi connectivity index (χ1) is 6.73. The van der Waals surface area contributed by atoms with E-state index in [1.165, 1.54) is 0 Å². The van der Waals surface area contributed by atoms with E-state index >= 15 is 0 Å². The van der Waals surface area contributed by atoms with Crippen LogP contribution in [0.25, 0.3) is 0 Å². The van der Waals surface area contributed by atoms with Crippen molar-refractivity contribution in [3.63, 3.8) is 0 Å². The summed E-state index contributed by atoms with van der Waals surface area (Å²) in [6.07, 6.45) is -8.45. The Hall–Kier alpha value is -1.47. The van der Waals surface area contributed by atoms with Crippen molar-refractivity contribution in [3.8, 4) is 0 Å². The maximum Gasteiger partial charge on any atom is 0.421 e. The van der Waals surface area contributed by atoms with Gasteiger partial charge in [-0.3, -0.25) is 4.79 Å². The van der Waals surface area contributed by atoms with Gasteiger partial charge in [0.25, 0.3) is 12.0 Å². The molecule has 8 heteroatoms. The van der Waals surface area contributed by atoms with Crippen LogP contribution in [-0.2, 0) is 6.18 Å². The molecule has 1 aromatic rings. The van der Waals surface area contributed by atoms with Gasteiger partial charge in [0, 0.05) is 0 Å². The number of alkyl halides is 5. The van der Waals surface area contributed by atoms with Crippen LogP contribution in [0.5, 0.6) is 0 Å². The number of halogens is 6. The number of aromatic nitrogens is 1. The Kier molecular flexibility index (Phi) is 2.78. The van der Waals surface area contributed by atoms with E-state index in [1.807, 2.05) is 0 Å². The predicted octanol–water partition coefficient (Wildman–Crippen LogP) is 2.47. The number of hydrogen-bond acceptors (Lipinski definition) is 1. The minimum Gasteiger partial charge on any atom is -0.318 e. The largest absolute Gasteiger partial charge is 0.421 e. The molecule has 0 unspecified atom stereocenters. The first-order valence-corrected chi connectivity index (χ1v) is 3.51. The van der Waals surface area contributed by atoms with Crippen molar-refractivity contribution in [1.29, 1.82) is 0 Å². The first-order valence-electron chi connectivity index (χ1n) is 3.51. The standard InChI is InChI=1S/C7H3F6NO/c8-3-1-2(7(11,12)13)6(15)14-4(3)5(9)10/h1,5H,(H,14,15). The highest BCUT2D eigenvalue weighted by atomic mass is 19.4. The molecule has 0 atom stereocenters. The van der Waals surface area contributed by atoms with Gasteiger partial charge in [-0.15, -0.1) is 0 Å². The van der Waals surface area contributed by atoms with E-state index in [0.717, 1.165) is 4.98 Å². The maximum atomic E-state index is 12.7. The van der Waals surface area contributed by atoms with Crippen molar-refractivity contribution in [3.05, 3.63) is 33.5 Å². The number of rotatable bonds is 1. The summed E-state index contributed by atoms with van der Waals surface area (Å²) in [4.78, 5) is 11.8. The molecule has 0 amide bonds. The smallest absolute Gasteiger partial charge is 0.318 e. The Bertz CT molecular complexity index is 420. The second-order valence-corrected chi connectivity index (χ2v) is 2.57.